The highest BCUT2D eigenvalue weighted by Gasteiger charge is 2.16. The minimum absolute atomic E-state index is 0.429. The van der Waals surface area contributed by atoms with Gasteiger partial charge in [0, 0.05) is 5.69 Å². The van der Waals surface area contributed by atoms with Crippen molar-refractivity contribution in [1.82, 2.24) is 5.32 Å². The average molecular weight is 250 g/mol. The van der Waals surface area contributed by atoms with Gasteiger partial charge in [0.15, 0.2) is 0 Å². The summed E-state index contributed by atoms with van der Waals surface area (Å²) in [5.41, 5.74) is 2.82. The maximum absolute atomic E-state index is 11.7. The Balaban J connectivity index is 2.65. The molecular weight excluding hydrogens is 232 g/mol. The number of nitrogens with one attached hydrogen (secondary N) is 2. The monoisotopic (exact) mass is 250 g/mol. The van der Waals surface area contributed by atoms with Crippen molar-refractivity contribution in [3.8, 4) is 0 Å². The van der Waals surface area contributed by atoms with Crippen LogP contribution >= 0.6 is 0 Å². The Morgan fingerprint density at radius 2 is 1.94 bits per heavy atom. The van der Waals surface area contributed by atoms with Crippen LogP contribution in [0.15, 0.2) is 18.2 Å². The zero-order valence-corrected chi connectivity index (χ0v) is 11.0. The van der Waals surface area contributed by atoms with Crippen molar-refractivity contribution in [2.45, 2.75) is 26.8 Å². The summed E-state index contributed by atoms with van der Waals surface area (Å²) in [6, 6.07) is 4.53. The van der Waals surface area contributed by atoms with E-state index in [2.05, 4.69) is 15.4 Å². The fourth-order valence-corrected chi connectivity index (χ4v) is 1.48. The molecule has 18 heavy (non-hydrogen) atoms. The lowest BCUT2D eigenvalue weighted by Crippen LogP contribution is -2.41. The van der Waals surface area contributed by atoms with E-state index in [0.717, 1.165) is 16.8 Å². The molecule has 5 heteroatoms. The largest absolute Gasteiger partial charge is 0.467 e. The van der Waals surface area contributed by atoms with Crippen molar-refractivity contribution >= 4 is 17.7 Å². The first-order valence-corrected chi connectivity index (χ1v) is 5.67. The maximum atomic E-state index is 11.7. The smallest absolute Gasteiger partial charge is 0.328 e. The predicted molar refractivity (Wildman–Crippen MR) is 69.5 cm³/mol. The van der Waals surface area contributed by atoms with Gasteiger partial charge in [0.05, 0.1) is 7.11 Å². The first kappa shape index (κ1) is 14.0. The zero-order valence-electron chi connectivity index (χ0n) is 11.0. The lowest BCUT2D eigenvalue weighted by atomic mass is 10.1. The molecular formula is C13H18N2O3. The van der Waals surface area contributed by atoms with Crippen LogP contribution in [0.1, 0.15) is 18.1 Å². The van der Waals surface area contributed by atoms with Gasteiger partial charge in [0.1, 0.15) is 6.04 Å². The number of hydrogen-bond donors (Lipinski definition) is 2. The number of anilines is 1. The molecule has 0 spiro atoms. The molecule has 2 N–H and O–H groups in total. The third kappa shape index (κ3) is 3.48. The lowest BCUT2D eigenvalue weighted by molar-refractivity contribution is -0.142. The second-order valence-corrected chi connectivity index (χ2v) is 4.09. The molecule has 0 aliphatic heterocycles. The molecule has 2 amide bonds. The summed E-state index contributed by atoms with van der Waals surface area (Å²) in [6.45, 7) is 5.46. The first-order valence-electron chi connectivity index (χ1n) is 5.67. The molecule has 0 unspecified atom stereocenters. The molecule has 0 saturated carbocycles. The van der Waals surface area contributed by atoms with Crippen LogP contribution in [0, 0.1) is 13.8 Å². The zero-order chi connectivity index (χ0) is 13.7. The molecule has 5 nitrogen and oxygen atoms in total. The van der Waals surface area contributed by atoms with Crippen LogP contribution in [0.5, 0.6) is 0 Å². The number of carbonyl (C=O) groups excluding carboxylic acids is 2. The quantitative estimate of drug-likeness (QED) is 0.806. The molecule has 0 heterocycles. The molecule has 1 atom stereocenters. The van der Waals surface area contributed by atoms with Crippen LogP contribution in [0.3, 0.4) is 0 Å². The van der Waals surface area contributed by atoms with Gasteiger partial charge in [-0.1, -0.05) is 12.1 Å². The first-order chi connectivity index (χ1) is 8.45. The Hall–Kier alpha value is -2.04. The Morgan fingerprint density at radius 3 is 2.56 bits per heavy atom. The van der Waals surface area contributed by atoms with Crippen LogP contribution < -0.4 is 10.6 Å². The van der Waals surface area contributed by atoms with Gasteiger partial charge in [-0.3, -0.25) is 0 Å². The number of hydrogen-bond acceptors (Lipinski definition) is 3. The fourth-order valence-electron chi connectivity index (χ4n) is 1.48. The van der Waals surface area contributed by atoms with E-state index in [9.17, 15) is 9.59 Å². The summed E-state index contributed by atoms with van der Waals surface area (Å²) in [5.74, 6) is -0.480. The highest BCUT2D eigenvalue weighted by atomic mass is 16.5. The fraction of sp³-hybridized carbons (Fsp3) is 0.385. The standard InChI is InChI=1S/C13H18N2O3/c1-8-6-5-7-11(9(8)2)15-13(17)14-10(3)12(16)18-4/h5-7,10H,1-4H3,(H2,14,15,17)/t10-/m0/s1. The summed E-state index contributed by atoms with van der Waals surface area (Å²) < 4.78 is 4.52. The number of carbonyl (C=O) groups is 2. The summed E-state index contributed by atoms with van der Waals surface area (Å²) in [6.07, 6.45) is 0. The lowest BCUT2D eigenvalue weighted by Gasteiger charge is -2.14. The van der Waals surface area contributed by atoms with Gasteiger partial charge in [-0.15, -0.1) is 0 Å². The number of methoxy groups -OCH3 is 1. The number of aryl methyl sites for hydroxylation is 1. The normalized spacial score (nSPS) is 11.6. The minimum atomic E-state index is -0.680. The highest BCUT2D eigenvalue weighted by molar-refractivity contribution is 5.93. The number of ether oxygens (including phenoxy) is 1. The van der Waals surface area contributed by atoms with Crippen molar-refractivity contribution in [3.05, 3.63) is 29.3 Å². The Morgan fingerprint density at radius 1 is 1.28 bits per heavy atom. The number of rotatable bonds is 3. The second kappa shape index (κ2) is 6.05. The van der Waals surface area contributed by atoms with Crippen LogP contribution in [0.2, 0.25) is 0 Å². The number of benzene rings is 1. The molecule has 1 rings (SSSR count). The summed E-state index contributed by atoms with van der Waals surface area (Å²) in [7, 11) is 1.28. The molecule has 0 saturated heterocycles. The van der Waals surface area contributed by atoms with E-state index >= 15 is 0 Å². The third-order valence-electron chi connectivity index (χ3n) is 2.76. The predicted octanol–water partition coefficient (Wildman–Crippen LogP) is 1.99. The van der Waals surface area contributed by atoms with Crippen LogP contribution in [0.4, 0.5) is 10.5 Å². The molecule has 0 aliphatic carbocycles. The van der Waals surface area contributed by atoms with E-state index in [1.165, 1.54) is 7.11 Å². The van der Waals surface area contributed by atoms with Gasteiger partial charge in [-0.25, -0.2) is 9.59 Å². The number of esters is 1. The maximum Gasteiger partial charge on any atom is 0.328 e. The van der Waals surface area contributed by atoms with E-state index in [4.69, 9.17) is 0 Å². The van der Waals surface area contributed by atoms with Gasteiger partial charge < -0.3 is 15.4 Å². The van der Waals surface area contributed by atoms with Crippen LogP contribution in [-0.4, -0.2) is 25.2 Å². The number of urea groups is 1. The van der Waals surface area contributed by atoms with E-state index in [1.807, 2.05) is 32.0 Å². The highest BCUT2D eigenvalue weighted by Crippen LogP contribution is 2.17. The van der Waals surface area contributed by atoms with Crippen molar-refractivity contribution < 1.29 is 14.3 Å². The molecule has 0 aliphatic rings. The Labute approximate surface area is 107 Å². The van der Waals surface area contributed by atoms with Gasteiger partial charge in [-0.2, -0.15) is 0 Å². The van der Waals surface area contributed by atoms with Crippen LogP contribution in [-0.2, 0) is 9.53 Å². The summed E-state index contributed by atoms with van der Waals surface area (Å²) in [5, 5.41) is 5.20. The average Bonchev–Trinajstić information content (AvgIpc) is 2.33. The molecule has 0 aromatic heterocycles. The van der Waals surface area contributed by atoms with Gasteiger partial charge in [0.2, 0.25) is 0 Å². The molecule has 0 bridgehead atoms. The molecule has 0 fully saturated rings. The molecule has 1 aromatic rings. The van der Waals surface area contributed by atoms with Gasteiger partial charge in [-0.05, 0) is 38.0 Å². The molecule has 0 radical (unpaired) electrons. The van der Waals surface area contributed by atoms with E-state index in [0.29, 0.717) is 0 Å². The van der Waals surface area contributed by atoms with E-state index in [1.54, 1.807) is 6.92 Å². The third-order valence-corrected chi connectivity index (χ3v) is 2.76. The van der Waals surface area contributed by atoms with E-state index < -0.39 is 18.0 Å². The SMILES string of the molecule is COC(=O)[C@H](C)NC(=O)Nc1cccc(C)c1C. The molecule has 1 aromatic carbocycles. The molecule has 98 valence electrons. The topological polar surface area (TPSA) is 67.4 Å². The minimum Gasteiger partial charge on any atom is -0.467 e. The van der Waals surface area contributed by atoms with Crippen molar-refractivity contribution in [3.63, 3.8) is 0 Å². The second-order valence-electron chi connectivity index (χ2n) is 4.09. The van der Waals surface area contributed by atoms with E-state index in [-0.39, 0.29) is 0 Å². The van der Waals surface area contributed by atoms with Crippen molar-refractivity contribution in [2.75, 3.05) is 12.4 Å². The van der Waals surface area contributed by atoms with Gasteiger partial charge in [0.25, 0.3) is 0 Å². The van der Waals surface area contributed by atoms with Gasteiger partial charge >= 0.3 is 12.0 Å². The summed E-state index contributed by atoms with van der Waals surface area (Å²) >= 11 is 0. The van der Waals surface area contributed by atoms with Crippen molar-refractivity contribution in [2.24, 2.45) is 0 Å². The number of amides is 2. The Kier molecular flexibility index (Phi) is 4.71. The Bertz CT molecular complexity index is 458. The van der Waals surface area contributed by atoms with Crippen LogP contribution in [0.25, 0.3) is 0 Å². The summed E-state index contributed by atoms with van der Waals surface area (Å²) in [4.78, 5) is 22.8. The van der Waals surface area contributed by atoms with Crippen molar-refractivity contribution in [1.29, 1.82) is 0 Å².